The van der Waals surface area contributed by atoms with Crippen molar-refractivity contribution in [2.45, 2.75) is 36.9 Å². The fourth-order valence-electron chi connectivity index (χ4n) is 5.11. The van der Waals surface area contributed by atoms with E-state index in [1.54, 1.807) is 0 Å². The molecule has 1 aromatic carbocycles. The zero-order valence-corrected chi connectivity index (χ0v) is 16.8. The molecule has 0 bridgehead atoms. The number of piperidine rings is 1. The third-order valence-electron chi connectivity index (χ3n) is 6.52. The van der Waals surface area contributed by atoms with Gasteiger partial charge in [-0.1, -0.05) is 35.9 Å². The van der Waals surface area contributed by atoms with Gasteiger partial charge in [-0.2, -0.15) is 4.99 Å². The highest BCUT2D eigenvalue weighted by atomic mass is 35.5. The molecule has 30 heavy (non-hydrogen) atoms. The number of benzene rings is 1. The fraction of sp³-hybridized carbons (Fsp3) is 0.364. The van der Waals surface area contributed by atoms with Crippen LogP contribution in [0.15, 0.2) is 35.3 Å². The maximum absolute atomic E-state index is 13.0. The number of ether oxygens (including phenoxy) is 2. The van der Waals surface area contributed by atoms with Crippen LogP contribution in [0.2, 0.25) is 5.15 Å². The van der Waals surface area contributed by atoms with Gasteiger partial charge in [0, 0.05) is 31.2 Å². The highest BCUT2D eigenvalue weighted by Gasteiger charge is 2.54. The van der Waals surface area contributed by atoms with Crippen molar-refractivity contribution in [3.8, 4) is 0 Å². The van der Waals surface area contributed by atoms with Crippen molar-refractivity contribution in [2.24, 2.45) is 4.99 Å². The molecule has 0 radical (unpaired) electrons. The number of fused-ring (bicyclic) bond motifs is 3. The van der Waals surface area contributed by atoms with Crippen LogP contribution in [0.5, 0.6) is 0 Å². The molecule has 152 valence electrons. The summed E-state index contributed by atoms with van der Waals surface area (Å²) in [5.41, 5.74) is 1.67. The molecule has 0 saturated carbocycles. The average molecular weight is 424 g/mol. The molecule has 1 fully saturated rings. The van der Waals surface area contributed by atoms with Gasteiger partial charge in [0.1, 0.15) is 16.4 Å². The molecule has 2 aromatic rings. The maximum Gasteiger partial charge on any atom is 0.339 e. The van der Waals surface area contributed by atoms with Gasteiger partial charge in [-0.25, -0.2) is 9.78 Å². The number of hydrogen-bond donors (Lipinski definition) is 1. The van der Waals surface area contributed by atoms with E-state index < -0.39 is 17.2 Å². The summed E-state index contributed by atoms with van der Waals surface area (Å²) in [6.07, 6.45) is 2.14. The highest BCUT2D eigenvalue weighted by Crippen LogP contribution is 2.46. The monoisotopic (exact) mass is 423 g/mol. The number of hydrogen-bond acceptors (Lipinski definition) is 6. The molecular formula is C22H18ClN3O4. The van der Waals surface area contributed by atoms with Crippen LogP contribution < -0.4 is 5.32 Å². The van der Waals surface area contributed by atoms with E-state index >= 15 is 0 Å². The van der Waals surface area contributed by atoms with E-state index in [2.05, 4.69) is 15.3 Å². The number of amides is 1. The largest absolute Gasteiger partial charge is 0.458 e. The summed E-state index contributed by atoms with van der Waals surface area (Å²) < 4.78 is 12.1. The smallest absolute Gasteiger partial charge is 0.339 e. The number of nitrogens with one attached hydrogen (secondary N) is 1. The standard InChI is InChI=1S/C22H18ClN3O4/c23-15-9-14-16(21(30-19(14)27)5-7-24-8-6-21)17(25-15)18-26-20(28)22(29-18)10-12-3-1-2-4-13(12)11-22/h1-4,9,24H,5-8,10-11H2. The van der Waals surface area contributed by atoms with Gasteiger partial charge in [0.05, 0.1) is 5.56 Å². The van der Waals surface area contributed by atoms with Gasteiger partial charge in [0.2, 0.25) is 5.90 Å². The van der Waals surface area contributed by atoms with Crippen molar-refractivity contribution < 1.29 is 19.1 Å². The van der Waals surface area contributed by atoms with Crippen LogP contribution in [-0.2, 0) is 32.7 Å². The zero-order chi connectivity index (χ0) is 20.5. The van der Waals surface area contributed by atoms with Crippen LogP contribution in [0.1, 0.15) is 45.6 Å². The summed E-state index contributed by atoms with van der Waals surface area (Å²) in [6, 6.07) is 9.44. The second-order valence-corrected chi connectivity index (χ2v) is 8.68. The van der Waals surface area contributed by atoms with E-state index in [0.717, 1.165) is 11.1 Å². The Balaban J connectivity index is 1.44. The van der Waals surface area contributed by atoms with Gasteiger partial charge in [0.25, 0.3) is 5.91 Å². The number of halogens is 1. The van der Waals surface area contributed by atoms with Crippen LogP contribution >= 0.6 is 11.6 Å². The number of pyridine rings is 1. The molecule has 4 aliphatic rings. The normalized spacial score (nSPS) is 22.6. The lowest BCUT2D eigenvalue weighted by Gasteiger charge is -2.33. The minimum absolute atomic E-state index is 0.128. The topological polar surface area (TPSA) is 89.9 Å². The van der Waals surface area contributed by atoms with Crippen LogP contribution in [-0.4, -0.2) is 41.4 Å². The number of rotatable bonds is 1. The van der Waals surface area contributed by atoms with E-state index in [0.29, 0.717) is 55.6 Å². The Kier molecular flexibility index (Phi) is 3.68. The average Bonchev–Trinajstić information content (AvgIpc) is 3.35. The van der Waals surface area contributed by atoms with Crippen molar-refractivity contribution in [1.29, 1.82) is 0 Å². The van der Waals surface area contributed by atoms with Gasteiger partial charge >= 0.3 is 5.97 Å². The Labute approximate surface area is 177 Å². The van der Waals surface area contributed by atoms with E-state index in [1.165, 1.54) is 6.07 Å². The van der Waals surface area contributed by atoms with Crippen LogP contribution in [0.4, 0.5) is 0 Å². The van der Waals surface area contributed by atoms with Crippen LogP contribution in [0, 0.1) is 0 Å². The number of carbonyl (C=O) groups is 2. The molecule has 2 spiro atoms. The molecule has 0 atom stereocenters. The Bertz CT molecular complexity index is 1130. The molecule has 6 rings (SSSR count). The van der Waals surface area contributed by atoms with Gasteiger partial charge in [-0.3, -0.25) is 4.79 Å². The maximum atomic E-state index is 13.0. The van der Waals surface area contributed by atoms with E-state index in [-0.39, 0.29) is 17.0 Å². The summed E-state index contributed by atoms with van der Waals surface area (Å²) >= 11 is 6.23. The Morgan fingerprint density at radius 2 is 1.70 bits per heavy atom. The van der Waals surface area contributed by atoms with Gasteiger partial charge < -0.3 is 14.8 Å². The predicted molar refractivity (Wildman–Crippen MR) is 108 cm³/mol. The Morgan fingerprint density at radius 1 is 1.00 bits per heavy atom. The summed E-state index contributed by atoms with van der Waals surface area (Å²) in [7, 11) is 0. The van der Waals surface area contributed by atoms with Crippen molar-refractivity contribution in [1.82, 2.24) is 10.3 Å². The number of esters is 1. The lowest BCUT2D eigenvalue weighted by molar-refractivity contribution is -0.130. The van der Waals surface area contributed by atoms with Crippen LogP contribution in [0.3, 0.4) is 0 Å². The van der Waals surface area contributed by atoms with E-state index in [4.69, 9.17) is 21.1 Å². The quantitative estimate of drug-likeness (QED) is 0.559. The SMILES string of the molecule is O=C1OC2(CCNCC2)c2c1cc(Cl)nc2C1=NC(=O)C2(Cc3ccccc3C2)O1. The molecular weight excluding hydrogens is 406 g/mol. The summed E-state index contributed by atoms with van der Waals surface area (Å²) in [4.78, 5) is 34.3. The number of nitrogens with zero attached hydrogens (tertiary/aromatic N) is 2. The summed E-state index contributed by atoms with van der Waals surface area (Å²) in [6.45, 7) is 1.42. The van der Waals surface area contributed by atoms with E-state index in [9.17, 15) is 9.59 Å². The van der Waals surface area contributed by atoms with Crippen molar-refractivity contribution in [3.05, 3.63) is 63.4 Å². The lowest BCUT2D eigenvalue weighted by atomic mass is 9.83. The van der Waals surface area contributed by atoms with Gasteiger partial charge in [-0.05, 0) is 30.3 Å². The molecule has 8 heteroatoms. The first-order chi connectivity index (χ1) is 14.5. The minimum Gasteiger partial charge on any atom is -0.458 e. The van der Waals surface area contributed by atoms with Crippen molar-refractivity contribution >= 4 is 29.4 Å². The molecule has 1 aliphatic carbocycles. The molecule has 1 N–H and O–H groups in total. The van der Waals surface area contributed by atoms with Crippen LogP contribution in [0.25, 0.3) is 0 Å². The molecule has 0 unspecified atom stereocenters. The lowest BCUT2D eigenvalue weighted by Crippen LogP contribution is -2.41. The second kappa shape index (κ2) is 6.12. The summed E-state index contributed by atoms with van der Waals surface area (Å²) in [5.74, 6) is -0.623. The first-order valence-electron chi connectivity index (χ1n) is 10.0. The first-order valence-corrected chi connectivity index (χ1v) is 10.4. The number of aliphatic imine (C=N–C) groups is 1. The van der Waals surface area contributed by atoms with Gasteiger partial charge in [-0.15, -0.1) is 0 Å². The summed E-state index contributed by atoms with van der Waals surface area (Å²) in [5, 5.41) is 3.43. The zero-order valence-electron chi connectivity index (χ0n) is 16.0. The number of carbonyl (C=O) groups excluding carboxylic acids is 2. The van der Waals surface area contributed by atoms with Crippen molar-refractivity contribution in [2.75, 3.05) is 13.1 Å². The first kappa shape index (κ1) is 18.0. The van der Waals surface area contributed by atoms with Crippen molar-refractivity contribution in [3.63, 3.8) is 0 Å². The van der Waals surface area contributed by atoms with E-state index in [1.807, 2.05) is 24.3 Å². The third kappa shape index (κ3) is 2.42. The number of aromatic nitrogens is 1. The predicted octanol–water partition coefficient (Wildman–Crippen LogP) is 2.33. The molecule has 7 nitrogen and oxygen atoms in total. The molecule has 3 aliphatic heterocycles. The molecule has 4 heterocycles. The second-order valence-electron chi connectivity index (χ2n) is 8.29. The van der Waals surface area contributed by atoms with Gasteiger partial charge in [0.15, 0.2) is 5.60 Å². The minimum atomic E-state index is -1.05. The molecule has 1 saturated heterocycles. The molecule has 1 amide bonds. The molecule has 1 aromatic heterocycles. The fourth-order valence-corrected chi connectivity index (χ4v) is 5.30. The third-order valence-corrected chi connectivity index (χ3v) is 6.71. The Morgan fingerprint density at radius 3 is 2.40 bits per heavy atom. The Hall–Kier alpha value is -2.77. The highest BCUT2D eigenvalue weighted by molar-refractivity contribution is 6.30.